The van der Waals surface area contributed by atoms with Gasteiger partial charge >= 0.3 is 0 Å². The molecule has 1 aliphatic heterocycles. The van der Waals surface area contributed by atoms with E-state index >= 15 is 0 Å². The normalized spacial score (nSPS) is 14.6. The van der Waals surface area contributed by atoms with Crippen molar-refractivity contribution in [1.82, 2.24) is 10.1 Å². The summed E-state index contributed by atoms with van der Waals surface area (Å²) in [6.45, 7) is 4.13. The Hall–Kier alpha value is -2.84. The summed E-state index contributed by atoms with van der Waals surface area (Å²) in [6, 6.07) is 15.6. The fourth-order valence-corrected chi connectivity index (χ4v) is 4.58. The van der Waals surface area contributed by atoms with E-state index in [0.29, 0.717) is 42.5 Å². The molecule has 1 aliphatic rings. The lowest BCUT2D eigenvalue weighted by atomic mass is 10.1. The molecule has 0 aliphatic carbocycles. The average molecular weight is 460 g/mol. The number of piperazine rings is 1. The maximum absolute atomic E-state index is 12.9. The number of rotatable bonds is 5. The van der Waals surface area contributed by atoms with Gasteiger partial charge in [0.1, 0.15) is 0 Å². The summed E-state index contributed by atoms with van der Waals surface area (Å²) >= 11 is 6.07. The highest BCUT2D eigenvalue weighted by Gasteiger charge is 2.25. The number of benzene rings is 2. The number of amides is 1. The monoisotopic (exact) mass is 459 g/mol. The molecule has 1 amide bonds. The molecule has 3 aromatic rings. The Morgan fingerprint density at radius 2 is 1.77 bits per heavy atom. The van der Waals surface area contributed by atoms with Crippen molar-refractivity contribution in [3.63, 3.8) is 0 Å². The number of halogens is 1. The summed E-state index contributed by atoms with van der Waals surface area (Å²) in [6.07, 6.45) is 0. The maximum atomic E-state index is 12.9. The molecule has 2 heterocycles. The molecule has 31 heavy (non-hydrogen) atoms. The second-order valence-electron chi connectivity index (χ2n) is 7.26. The van der Waals surface area contributed by atoms with E-state index in [9.17, 15) is 13.2 Å². The molecule has 1 fully saturated rings. The van der Waals surface area contributed by atoms with Crippen LogP contribution < -0.4 is 4.90 Å². The van der Waals surface area contributed by atoms with Gasteiger partial charge in [-0.3, -0.25) is 4.79 Å². The van der Waals surface area contributed by atoms with Gasteiger partial charge in [-0.1, -0.05) is 29.7 Å². The lowest BCUT2D eigenvalue weighted by Crippen LogP contribution is -2.48. The van der Waals surface area contributed by atoms with Gasteiger partial charge in [0.25, 0.3) is 5.91 Å². The molecule has 0 unspecified atom stereocenters. The zero-order valence-corrected chi connectivity index (χ0v) is 18.6. The highest BCUT2D eigenvalue weighted by Crippen LogP contribution is 2.24. The minimum Gasteiger partial charge on any atom is -0.368 e. The van der Waals surface area contributed by atoms with Crippen molar-refractivity contribution in [2.75, 3.05) is 36.8 Å². The summed E-state index contributed by atoms with van der Waals surface area (Å²) in [5, 5.41) is 4.61. The summed E-state index contributed by atoms with van der Waals surface area (Å²) in [7, 11) is -3.27. The molecule has 0 radical (unpaired) electrons. The highest BCUT2D eigenvalue weighted by atomic mass is 35.5. The molecular weight excluding hydrogens is 438 g/mol. The van der Waals surface area contributed by atoms with Gasteiger partial charge in [-0.05, 0) is 42.5 Å². The minimum absolute atomic E-state index is 0.0396. The fourth-order valence-electron chi connectivity index (χ4n) is 3.51. The van der Waals surface area contributed by atoms with Crippen LogP contribution >= 0.6 is 11.6 Å². The van der Waals surface area contributed by atoms with Crippen molar-refractivity contribution in [3.05, 3.63) is 65.3 Å². The summed E-state index contributed by atoms with van der Waals surface area (Å²) in [5.74, 6) is 0.269. The largest absolute Gasteiger partial charge is 0.368 e. The molecule has 162 valence electrons. The maximum Gasteiger partial charge on any atom is 0.276 e. The number of carbonyl (C=O) groups excluding carboxylic acids is 1. The van der Waals surface area contributed by atoms with Gasteiger partial charge in [0, 0.05) is 48.5 Å². The number of aromatic nitrogens is 1. The van der Waals surface area contributed by atoms with Crippen molar-refractivity contribution in [2.24, 2.45) is 0 Å². The molecule has 0 atom stereocenters. The quantitative estimate of drug-likeness (QED) is 0.577. The van der Waals surface area contributed by atoms with Crippen molar-refractivity contribution >= 4 is 33.0 Å². The highest BCUT2D eigenvalue weighted by molar-refractivity contribution is 7.91. The van der Waals surface area contributed by atoms with Crippen LogP contribution in [0.5, 0.6) is 0 Å². The summed E-state index contributed by atoms with van der Waals surface area (Å²) < 4.78 is 29.2. The second kappa shape index (κ2) is 8.72. The number of hydrogen-bond acceptors (Lipinski definition) is 6. The molecule has 0 bridgehead atoms. The Morgan fingerprint density at radius 3 is 2.42 bits per heavy atom. The van der Waals surface area contributed by atoms with Gasteiger partial charge in [0.15, 0.2) is 21.3 Å². The van der Waals surface area contributed by atoms with Crippen LogP contribution in [0.2, 0.25) is 5.02 Å². The molecular formula is C22H22ClN3O4S. The van der Waals surface area contributed by atoms with Crippen LogP contribution in [0.1, 0.15) is 17.4 Å². The third-order valence-corrected chi connectivity index (χ3v) is 7.33. The third-order valence-electron chi connectivity index (χ3n) is 5.35. The van der Waals surface area contributed by atoms with Crippen LogP contribution in [-0.2, 0) is 9.84 Å². The van der Waals surface area contributed by atoms with Gasteiger partial charge < -0.3 is 14.3 Å². The van der Waals surface area contributed by atoms with Crippen LogP contribution in [0, 0.1) is 0 Å². The van der Waals surface area contributed by atoms with Crippen molar-refractivity contribution < 1.29 is 17.7 Å². The van der Waals surface area contributed by atoms with Crippen LogP contribution in [-0.4, -0.2) is 56.3 Å². The number of nitrogens with zero attached hydrogens (tertiary/aromatic N) is 3. The molecule has 9 heteroatoms. The lowest BCUT2D eigenvalue weighted by molar-refractivity contribution is 0.0736. The van der Waals surface area contributed by atoms with Crippen molar-refractivity contribution in [2.45, 2.75) is 11.8 Å². The van der Waals surface area contributed by atoms with Gasteiger partial charge in [-0.2, -0.15) is 0 Å². The number of sulfone groups is 1. The molecule has 0 saturated carbocycles. The zero-order chi connectivity index (χ0) is 22.0. The Bertz CT molecular complexity index is 1180. The first-order chi connectivity index (χ1) is 14.9. The first-order valence-electron chi connectivity index (χ1n) is 9.97. The molecule has 4 rings (SSSR count). The van der Waals surface area contributed by atoms with E-state index in [1.165, 1.54) is 12.1 Å². The molecule has 1 aromatic heterocycles. The van der Waals surface area contributed by atoms with E-state index < -0.39 is 9.84 Å². The molecule has 0 spiro atoms. The predicted molar refractivity (Wildman–Crippen MR) is 119 cm³/mol. The van der Waals surface area contributed by atoms with Gasteiger partial charge in [-0.25, -0.2) is 8.42 Å². The molecule has 2 aromatic carbocycles. The van der Waals surface area contributed by atoms with Crippen molar-refractivity contribution in [1.29, 1.82) is 0 Å². The van der Waals surface area contributed by atoms with Gasteiger partial charge in [0.2, 0.25) is 0 Å². The average Bonchev–Trinajstić information content (AvgIpc) is 3.29. The second-order valence-corrected chi connectivity index (χ2v) is 9.98. The topological polar surface area (TPSA) is 83.7 Å². The smallest absolute Gasteiger partial charge is 0.276 e. The Labute approximate surface area is 186 Å². The Morgan fingerprint density at radius 1 is 1.06 bits per heavy atom. The van der Waals surface area contributed by atoms with Gasteiger partial charge in [-0.15, -0.1) is 0 Å². The molecule has 7 nitrogen and oxygen atoms in total. The minimum atomic E-state index is -3.27. The summed E-state index contributed by atoms with van der Waals surface area (Å²) in [5.41, 5.74) is 1.93. The van der Waals surface area contributed by atoms with Crippen LogP contribution in [0.25, 0.3) is 11.3 Å². The first-order valence-corrected chi connectivity index (χ1v) is 12.0. The lowest BCUT2D eigenvalue weighted by Gasteiger charge is -2.35. The van der Waals surface area contributed by atoms with E-state index in [0.717, 1.165) is 5.69 Å². The number of hydrogen-bond donors (Lipinski definition) is 0. The standard InChI is InChI=1S/C22H22ClN3O4S/c1-2-31(28,29)19-8-6-16(7-9-19)21-15-20(24-30-21)22(27)26-12-10-25(11-13-26)18-5-3-4-17(23)14-18/h3-9,14-15H,2,10-13H2,1H3. The summed E-state index contributed by atoms with van der Waals surface area (Å²) in [4.78, 5) is 17.0. The Balaban J connectivity index is 1.42. The van der Waals surface area contributed by atoms with Crippen LogP contribution in [0.3, 0.4) is 0 Å². The molecule has 0 N–H and O–H groups in total. The van der Waals surface area contributed by atoms with E-state index in [1.54, 1.807) is 30.0 Å². The van der Waals surface area contributed by atoms with E-state index in [1.807, 2.05) is 24.3 Å². The van der Waals surface area contributed by atoms with Crippen LogP contribution in [0.4, 0.5) is 5.69 Å². The zero-order valence-electron chi connectivity index (χ0n) is 17.0. The number of carbonyl (C=O) groups is 1. The van der Waals surface area contributed by atoms with E-state index in [4.69, 9.17) is 16.1 Å². The molecule has 1 saturated heterocycles. The van der Waals surface area contributed by atoms with Crippen molar-refractivity contribution in [3.8, 4) is 11.3 Å². The van der Waals surface area contributed by atoms with E-state index in [-0.39, 0.29) is 22.2 Å². The Kier molecular flexibility index (Phi) is 6.02. The van der Waals surface area contributed by atoms with E-state index in [2.05, 4.69) is 10.1 Å². The predicted octanol–water partition coefficient (Wildman–Crippen LogP) is 3.75. The SMILES string of the molecule is CCS(=O)(=O)c1ccc(-c2cc(C(=O)N3CCN(c4cccc(Cl)c4)CC3)no2)cc1. The third kappa shape index (κ3) is 4.60. The van der Waals surface area contributed by atoms with Crippen LogP contribution in [0.15, 0.2) is 64.0 Å². The van der Waals surface area contributed by atoms with Gasteiger partial charge in [0.05, 0.1) is 10.6 Å². The fraction of sp³-hybridized carbons (Fsp3) is 0.273. The first kappa shape index (κ1) is 21.4. The number of anilines is 1.